The van der Waals surface area contributed by atoms with Gasteiger partial charge in [0.2, 0.25) is 0 Å². The lowest BCUT2D eigenvalue weighted by molar-refractivity contribution is 0.435. The third-order valence-corrected chi connectivity index (χ3v) is 1.81. The molecular formula is C9H17N3. The highest BCUT2D eigenvalue weighted by atomic mass is 15.3. The predicted molar refractivity (Wildman–Crippen MR) is 50.1 cm³/mol. The molecular weight excluding hydrogens is 150 g/mol. The van der Waals surface area contributed by atoms with Crippen LogP contribution in [0.25, 0.3) is 0 Å². The monoisotopic (exact) mass is 167 g/mol. The van der Waals surface area contributed by atoms with Gasteiger partial charge >= 0.3 is 0 Å². The van der Waals surface area contributed by atoms with Crippen LogP contribution in [0.3, 0.4) is 0 Å². The van der Waals surface area contributed by atoms with E-state index in [9.17, 15) is 0 Å². The number of hydrogen-bond donors (Lipinski definition) is 1. The second-order valence-corrected chi connectivity index (χ2v) is 3.40. The van der Waals surface area contributed by atoms with Gasteiger partial charge in [0.1, 0.15) is 0 Å². The van der Waals surface area contributed by atoms with E-state index in [-0.39, 0.29) is 0 Å². The zero-order chi connectivity index (χ0) is 8.97. The summed E-state index contributed by atoms with van der Waals surface area (Å²) in [6.45, 7) is 6.31. The molecule has 1 rings (SSSR count). The van der Waals surface area contributed by atoms with Crippen molar-refractivity contribution in [3.8, 4) is 0 Å². The van der Waals surface area contributed by atoms with Crippen molar-refractivity contribution in [3.63, 3.8) is 0 Å². The summed E-state index contributed by atoms with van der Waals surface area (Å²) in [5, 5.41) is 7.38. The van der Waals surface area contributed by atoms with Gasteiger partial charge in [0.25, 0.3) is 0 Å². The van der Waals surface area contributed by atoms with Crippen LogP contribution < -0.4 is 5.32 Å². The van der Waals surface area contributed by atoms with Gasteiger partial charge in [0.05, 0.1) is 6.20 Å². The van der Waals surface area contributed by atoms with Gasteiger partial charge in [-0.05, 0) is 32.0 Å². The van der Waals surface area contributed by atoms with Gasteiger partial charge in [-0.2, -0.15) is 5.10 Å². The molecule has 0 aliphatic heterocycles. The van der Waals surface area contributed by atoms with Crippen LogP contribution in [0.2, 0.25) is 0 Å². The molecule has 1 aromatic rings. The predicted octanol–water partition coefficient (Wildman–Crippen LogP) is 1.05. The molecule has 0 saturated heterocycles. The summed E-state index contributed by atoms with van der Waals surface area (Å²) in [6, 6.07) is 0. The largest absolute Gasteiger partial charge is 0.319 e. The Morgan fingerprint density at radius 1 is 1.67 bits per heavy atom. The fraction of sp³-hybridized carbons (Fsp3) is 0.667. The third-order valence-electron chi connectivity index (χ3n) is 1.81. The van der Waals surface area contributed by atoms with E-state index in [1.807, 2.05) is 17.9 Å². The Morgan fingerprint density at radius 2 is 2.42 bits per heavy atom. The van der Waals surface area contributed by atoms with Crippen LogP contribution in [-0.4, -0.2) is 23.4 Å². The van der Waals surface area contributed by atoms with E-state index in [1.54, 1.807) is 0 Å². The Hall–Kier alpha value is -0.830. The summed E-state index contributed by atoms with van der Waals surface area (Å²) < 4.78 is 2.00. The second kappa shape index (κ2) is 4.26. The number of aryl methyl sites for hydroxylation is 1. The molecule has 12 heavy (non-hydrogen) atoms. The van der Waals surface area contributed by atoms with Crippen molar-refractivity contribution in [3.05, 3.63) is 18.0 Å². The van der Waals surface area contributed by atoms with Crippen molar-refractivity contribution in [2.45, 2.75) is 20.4 Å². The van der Waals surface area contributed by atoms with Crippen LogP contribution in [0, 0.1) is 12.8 Å². The topological polar surface area (TPSA) is 29.9 Å². The van der Waals surface area contributed by atoms with Crippen molar-refractivity contribution >= 4 is 0 Å². The van der Waals surface area contributed by atoms with Crippen molar-refractivity contribution < 1.29 is 0 Å². The lowest BCUT2D eigenvalue weighted by Crippen LogP contribution is -2.20. The van der Waals surface area contributed by atoms with E-state index in [0.717, 1.165) is 13.1 Å². The summed E-state index contributed by atoms with van der Waals surface area (Å²) in [7, 11) is 1.98. The minimum Gasteiger partial charge on any atom is -0.319 e. The van der Waals surface area contributed by atoms with Crippen molar-refractivity contribution in [1.29, 1.82) is 0 Å². The summed E-state index contributed by atoms with van der Waals surface area (Å²) in [5.41, 5.74) is 1.23. The van der Waals surface area contributed by atoms with Crippen LogP contribution in [-0.2, 0) is 6.54 Å². The number of nitrogens with zero attached hydrogens (tertiary/aromatic N) is 2. The molecule has 0 aromatic carbocycles. The lowest BCUT2D eigenvalue weighted by atomic mass is 10.2. The van der Waals surface area contributed by atoms with Gasteiger partial charge in [0.15, 0.2) is 0 Å². The van der Waals surface area contributed by atoms with Gasteiger partial charge < -0.3 is 5.32 Å². The van der Waals surface area contributed by atoms with E-state index in [4.69, 9.17) is 0 Å². The number of hydrogen-bond acceptors (Lipinski definition) is 2. The average Bonchev–Trinajstić information content (AvgIpc) is 2.36. The van der Waals surface area contributed by atoms with Crippen LogP contribution in [0.1, 0.15) is 12.5 Å². The highest BCUT2D eigenvalue weighted by molar-refractivity contribution is 4.99. The first-order valence-corrected chi connectivity index (χ1v) is 4.36. The Labute approximate surface area is 73.8 Å². The maximum absolute atomic E-state index is 4.23. The molecule has 1 heterocycles. The van der Waals surface area contributed by atoms with Gasteiger partial charge in [-0.1, -0.05) is 6.92 Å². The molecule has 0 bridgehead atoms. The molecule has 1 N–H and O–H groups in total. The molecule has 3 heteroatoms. The Balaban J connectivity index is 2.41. The summed E-state index contributed by atoms with van der Waals surface area (Å²) in [4.78, 5) is 0. The summed E-state index contributed by atoms with van der Waals surface area (Å²) in [6.07, 6.45) is 3.97. The van der Waals surface area contributed by atoms with Crippen LogP contribution >= 0.6 is 0 Å². The molecule has 0 spiro atoms. The zero-order valence-electron chi connectivity index (χ0n) is 8.04. The molecule has 0 aliphatic rings. The van der Waals surface area contributed by atoms with E-state index >= 15 is 0 Å². The first-order chi connectivity index (χ1) is 5.72. The second-order valence-electron chi connectivity index (χ2n) is 3.40. The Bertz CT molecular complexity index is 229. The molecule has 0 radical (unpaired) electrons. The van der Waals surface area contributed by atoms with Gasteiger partial charge in [-0.25, -0.2) is 0 Å². The first-order valence-electron chi connectivity index (χ1n) is 4.36. The molecule has 3 nitrogen and oxygen atoms in total. The van der Waals surface area contributed by atoms with Crippen molar-refractivity contribution in [2.75, 3.05) is 13.6 Å². The quantitative estimate of drug-likeness (QED) is 0.726. The summed E-state index contributed by atoms with van der Waals surface area (Å²) in [5.74, 6) is 0.634. The zero-order valence-corrected chi connectivity index (χ0v) is 8.04. The summed E-state index contributed by atoms with van der Waals surface area (Å²) >= 11 is 0. The molecule has 1 unspecified atom stereocenters. The fourth-order valence-electron chi connectivity index (χ4n) is 1.30. The normalized spacial score (nSPS) is 13.2. The SMILES string of the molecule is CNCC(C)Cn1cc(C)cn1. The molecule has 68 valence electrons. The molecule has 0 aliphatic carbocycles. The number of nitrogens with one attached hydrogen (secondary N) is 1. The molecule has 0 fully saturated rings. The van der Waals surface area contributed by atoms with Gasteiger partial charge in [-0.15, -0.1) is 0 Å². The number of aromatic nitrogens is 2. The van der Waals surface area contributed by atoms with Crippen LogP contribution in [0.4, 0.5) is 0 Å². The fourth-order valence-corrected chi connectivity index (χ4v) is 1.30. The van der Waals surface area contributed by atoms with Crippen molar-refractivity contribution in [1.82, 2.24) is 15.1 Å². The maximum Gasteiger partial charge on any atom is 0.0518 e. The third kappa shape index (κ3) is 2.66. The highest BCUT2D eigenvalue weighted by Gasteiger charge is 2.01. The molecule has 0 saturated carbocycles. The number of rotatable bonds is 4. The van der Waals surface area contributed by atoms with E-state index in [0.29, 0.717) is 5.92 Å². The molecule has 0 amide bonds. The minimum atomic E-state index is 0.634. The van der Waals surface area contributed by atoms with Crippen LogP contribution in [0.15, 0.2) is 12.4 Å². The van der Waals surface area contributed by atoms with E-state index in [1.165, 1.54) is 5.56 Å². The smallest absolute Gasteiger partial charge is 0.0518 e. The Kier molecular flexibility index (Phi) is 3.29. The lowest BCUT2D eigenvalue weighted by Gasteiger charge is -2.09. The van der Waals surface area contributed by atoms with E-state index in [2.05, 4.69) is 30.5 Å². The Morgan fingerprint density at radius 3 is 2.92 bits per heavy atom. The van der Waals surface area contributed by atoms with Gasteiger partial charge in [0, 0.05) is 12.7 Å². The maximum atomic E-state index is 4.23. The standard InChI is InChI=1S/C9H17N3/c1-8(4-10-3)6-12-7-9(2)5-11-12/h5,7-8,10H,4,6H2,1-3H3. The highest BCUT2D eigenvalue weighted by Crippen LogP contribution is 2.00. The van der Waals surface area contributed by atoms with Crippen LogP contribution in [0.5, 0.6) is 0 Å². The van der Waals surface area contributed by atoms with Crippen molar-refractivity contribution in [2.24, 2.45) is 5.92 Å². The minimum absolute atomic E-state index is 0.634. The van der Waals surface area contributed by atoms with Gasteiger partial charge in [-0.3, -0.25) is 4.68 Å². The molecule has 1 atom stereocenters. The average molecular weight is 167 g/mol. The van der Waals surface area contributed by atoms with E-state index < -0.39 is 0 Å². The molecule has 1 aromatic heterocycles. The first kappa shape index (κ1) is 9.26.